The Kier molecular flexibility index (Phi) is 9.35. The van der Waals surface area contributed by atoms with Crippen LogP contribution in [0.3, 0.4) is 0 Å². The molecular weight excluding hydrogens is 382 g/mol. The van der Waals surface area contributed by atoms with Crippen LogP contribution in [0.4, 0.5) is 0 Å². The molecule has 0 saturated heterocycles. The van der Waals surface area contributed by atoms with E-state index in [9.17, 15) is 9.13 Å². The second-order valence-corrected chi connectivity index (χ2v) is 6.01. The van der Waals surface area contributed by atoms with Crippen molar-refractivity contribution >= 4 is 38.6 Å². The van der Waals surface area contributed by atoms with Crippen molar-refractivity contribution in [1.82, 2.24) is 0 Å². The van der Waals surface area contributed by atoms with Crippen LogP contribution < -0.4 is 0 Å². The van der Waals surface area contributed by atoms with E-state index in [4.69, 9.17) is 19.9 Å². The van der Waals surface area contributed by atoms with Crippen LogP contribution >= 0.6 is 15.6 Å². The van der Waals surface area contributed by atoms with Gasteiger partial charge in [-0.15, -0.1) is 0 Å². The van der Waals surface area contributed by atoms with Gasteiger partial charge in [0.2, 0.25) is 0 Å². The van der Waals surface area contributed by atoms with Crippen LogP contribution in [0.2, 0.25) is 0 Å². The van der Waals surface area contributed by atoms with Gasteiger partial charge in [-0.2, -0.15) is 0 Å². The van der Waals surface area contributed by atoms with Gasteiger partial charge in [-0.25, -0.2) is 0 Å². The molecule has 0 aromatic carbocycles. The standard InChI is InChI=1S/CN.Cu.H4O7P2.Sn.H/c1-2;;1-8(2,3)7-9(4,5)6;;/h;;(H2,1,2,3)(H2,4,5,6);;/q;;;+1;/p-1. The van der Waals surface area contributed by atoms with Gasteiger partial charge in [0, 0.05) is 0 Å². The fraction of sp³-hybridized carbons (Fsp3) is 0. The molecule has 0 bridgehead atoms. The second-order valence-electron chi connectivity index (χ2n) is 1.21. The molecule has 0 aromatic heterocycles. The molecule has 0 rings (SSSR count). The van der Waals surface area contributed by atoms with Gasteiger partial charge in [-0.1, -0.05) is 0 Å². The van der Waals surface area contributed by atoms with Gasteiger partial charge >= 0.3 is 95.8 Å². The Labute approximate surface area is 95.5 Å². The van der Waals surface area contributed by atoms with Gasteiger partial charge in [0.05, 0.1) is 0 Å². The van der Waals surface area contributed by atoms with Crippen molar-refractivity contribution in [3.8, 4) is 4.97 Å². The van der Waals surface area contributed by atoms with E-state index in [-0.39, 0.29) is 22.9 Å². The van der Waals surface area contributed by atoms with Crippen molar-refractivity contribution in [3.05, 3.63) is 0 Å². The van der Waals surface area contributed by atoms with Crippen LogP contribution in [0.5, 0.6) is 0 Å². The van der Waals surface area contributed by atoms with Crippen LogP contribution in [-0.2, 0) is 32.3 Å². The SMILES string of the molecule is N#[C][Cu].O=P(O)(O)OP(=O)(O)[O][SnH]. The molecule has 0 aliphatic heterocycles. The maximum absolute atomic E-state index is 10.2. The normalized spacial score (nSPS) is 14.8. The minimum atomic E-state index is -4.92. The quantitative estimate of drug-likeness (QED) is 0.417. The molecule has 0 heterocycles. The molecule has 1 unspecified atom stereocenters. The van der Waals surface area contributed by atoms with E-state index in [2.05, 4.69) is 23.2 Å². The van der Waals surface area contributed by atoms with Crippen molar-refractivity contribution in [2.75, 3.05) is 0 Å². The third-order valence-electron chi connectivity index (χ3n) is 0.343. The van der Waals surface area contributed by atoms with E-state index >= 15 is 0 Å². The average molecular weight is 386 g/mol. The van der Waals surface area contributed by atoms with Crippen molar-refractivity contribution < 1.29 is 47.0 Å². The molecule has 0 spiro atoms. The monoisotopic (exact) mass is 387 g/mol. The van der Waals surface area contributed by atoms with Crippen LogP contribution in [0.1, 0.15) is 0 Å². The van der Waals surface area contributed by atoms with Crippen molar-refractivity contribution in [2.45, 2.75) is 0 Å². The van der Waals surface area contributed by atoms with Crippen LogP contribution in [0.15, 0.2) is 0 Å². The Hall–Kier alpha value is 1.07. The molecule has 0 fully saturated rings. The van der Waals surface area contributed by atoms with E-state index in [1.165, 1.54) is 4.97 Å². The van der Waals surface area contributed by atoms with Crippen LogP contribution in [-0.4, -0.2) is 37.6 Å². The summed E-state index contributed by atoms with van der Waals surface area (Å²) in [5, 5.41) is 7.12. The van der Waals surface area contributed by atoms with Crippen LogP contribution in [0, 0.1) is 10.2 Å². The van der Waals surface area contributed by atoms with Crippen molar-refractivity contribution in [3.63, 3.8) is 0 Å². The number of hydrogen-bond donors (Lipinski definition) is 3. The first-order valence-electron chi connectivity index (χ1n) is 2.12. The predicted molar refractivity (Wildman–Crippen MR) is 36.8 cm³/mol. The topological polar surface area (TPSA) is 137 Å². The van der Waals surface area contributed by atoms with E-state index in [1.807, 2.05) is 0 Å². The Morgan fingerprint density at radius 3 is 1.77 bits per heavy atom. The summed E-state index contributed by atoms with van der Waals surface area (Å²) in [4.78, 5) is 25.6. The molecular formula is CH4CuNO7P2Sn. The molecule has 0 amide bonds. The molecule has 0 saturated carbocycles. The molecule has 2 radical (unpaired) electrons. The predicted octanol–water partition coefficient (Wildman–Crippen LogP) is -0.957. The van der Waals surface area contributed by atoms with Gasteiger partial charge in [-0.05, 0) is 0 Å². The summed E-state index contributed by atoms with van der Waals surface area (Å²) in [7, 11) is -9.42. The zero-order valence-corrected chi connectivity index (χ0v) is 11.7. The zero-order chi connectivity index (χ0) is 11.1. The summed E-state index contributed by atoms with van der Waals surface area (Å²) in [6, 6.07) is 0. The molecule has 13 heavy (non-hydrogen) atoms. The minimum absolute atomic E-state index is 0.0813. The zero-order valence-electron chi connectivity index (χ0n) is 5.70. The molecule has 12 heteroatoms. The van der Waals surface area contributed by atoms with Gasteiger partial charge in [0.25, 0.3) is 0 Å². The van der Waals surface area contributed by atoms with Crippen molar-refractivity contribution in [2.24, 2.45) is 0 Å². The van der Waals surface area contributed by atoms with Gasteiger partial charge in [0.1, 0.15) is 0 Å². The summed E-state index contributed by atoms with van der Waals surface area (Å²) >= 11 is 3.73. The number of rotatable bonds is 3. The summed E-state index contributed by atoms with van der Waals surface area (Å²) in [6.07, 6.45) is 0. The molecule has 0 aliphatic rings. The Morgan fingerprint density at radius 2 is 1.69 bits per heavy atom. The molecule has 0 aliphatic carbocycles. The number of phosphoric acid groups is 2. The van der Waals surface area contributed by atoms with Crippen molar-refractivity contribution in [1.29, 1.82) is 5.26 Å². The average Bonchev–Trinajstić information content (AvgIpc) is 1.84. The summed E-state index contributed by atoms with van der Waals surface area (Å²) in [6.45, 7) is 0. The van der Waals surface area contributed by atoms with Gasteiger partial charge in [-0.3, -0.25) is 0 Å². The third-order valence-corrected chi connectivity index (χ3v) is 4.57. The number of nitrogens with zero attached hydrogens (tertiary/aromatic N) is 1. The number of nitriles is 1. The Bertz CT molecular complexity index is 268. The van der Waals surface area contributed by atoms with Crippen LogP contribution in [0.25, 0.3) is 0 Å². The summed E-state index contributed by atoms with van der Waals surface area (Å²) in [5.74, 6) is 0. The van der Waals surface area contributed by atoms with E-state index in [0.29, 0.717) is 0 Å². The molecule has 0 aromatic rings. The Balaban J connectivity index is 0. The third kappa shape index (κ3) is 15.8. The Morgan fingerprint density at radius 1 is 1.38 bits per heavy atom. The fourth-order valence-corrected chi connectivity index (χ4v) is 2.37. The maximum atomic E-state index is 10.2. The van der Waals surface area contributed by atoms with E-state index in [1.54, 1.807) is 0 Å². The molecule has 80 valence electrons. The molecule has 1 atom stereocenters. The second kappa shape index (κ2) is 7.37. The summed E-state index contributed by atoms with van der Waals surface area (Å²) in [5.41, 5.74) is 0. The fourth-order valence-electron chi connectivity index (χ4n) is 0.154. The molecule has 3 N–H and O–H groups in total. The van der Waals surface area contributed by atoms with E-state index in [0.717, 1.165) is 0 Å². The molecule has 8 nitrogen and oxygen atoms in total. The van der Waals surface area contributed by atoms with E-state index < -0.39 is 15.6 Å². The first kappa shape index (κ1) is 16.5. The van der Waals surface area contributed by atoms with Gasteiger partial charge < -0.3 is 0 Å². The number of hydrogen-bond acceptors (Lipinski definition) is 5. The summed E-state index contributed by atoms with van der Waals surface area (Å²) < 4.78 is 27.3. The first-order valence-corrected chi connectivity index (χ1v) is 6.96. The van der Waals surface area contributed by atoms with Gasteiger partial charge in [0.15, 0.2) is 0 Å². The first-order chi connectivity index (χ1) is 5.68.